The van der Waals surface area contributed by atoms with Crippen LogP contribution in [0.25, 0.3) is 6.08 Å². The molecule has 0 bridgehead atoms. The van der Waals surface area contributed by atoms with Gasteiger partial charge in [0.05, 0.1) is 23.1 Å². The van der Waals surface area contributed by atoms with Crippen LogP contribution in [0.15, 0.2) is 58.4 Å². The van der Waals surface area contributed by atoms with E-state index in [1.54, 1.807) is 49.6 Å². The van der Waals surface area contributed by atoms with Crippen LogP contribution in [0.3, 0.4) is 0 Å². The summed E-state index contributed by atoms with van der Waals surface area (Å²) in [7, 11) is 1.54. The van der Waals surface area contributed by atoms with Crippen molar-refractivity contribution in [1.82, 2.24) is 10.4 Å². The molecule has 0 aromatic heterocycles. The number of methoxy groups -OCH3 is 1. The smallest absolute Gasteiger partial charge is 0.285 e. The highest BCUT2D eigenvalue weighted by Gasteiger charge is 2.34. The van der Waals surface area contributed by atoms with Gasteiger partial charge in [-0.1, -0.05) is 24.4 Å². The maximum absolute atomic E-state index is 12.9. The van der Waals surface area contributed by atoms with Gasteiger partial charge in [-0.15, -0.1) is 0 Å². The Hall–Kier alpha value is -2.82. The van der Waals surface area contributed by atoms with E-state index >= 15 is 0 Å². The van der Waals surface area contributed by atoms with Crippen molar-refractivity contribution in [3.05, 3.63) is 69.6 Å². The number of ether oxygens (including phenoxy) is 3. The van der Waals surface area contributed by atoms with Gasteiger partial charge in [-0.3, -0.25) is 15.0 Å². The van der Waals surface area contributed by atoms with E-state index in [2.05, 4.69) is 27.9 Å². The number of halogens is 1. The summed E-state index contributed by atoms with van der Waals surface area (Å²) in [6, 6.07) is 10.1. The number of hydrogen-bond donors (Lipinski definition) is 1. The van der Waals surface area contributed by atoms with E-state index < -0.39 is 11.8 Å². The van der Waals surface area contributed by atoms with Gasteiger partial charge in [-0.25, -0.2) is 0 Å². The number of nitrogens with one attached hydrogen (secondary N) is 1. The van der Waals surface area contributed by atoms with E-state index in [4.69, 9.17) is 26.4 Å². The van der Waals surface area contributed by atoms with Gasteiger partial charge in [0.25, 0.3) is 11.8 Å². The molecule has 1 fully saturated rings. The molecule has 2 amide bonds. The standard InChI is InChI=1S/C23H21BrN2O5S2/c1-4-10-31-20-17(24)11-14(12-18(20)30-5-2)13-19-22(28)26(23(32)33-19)25-21(27)15-6-8-16(29-3)9-7-15/h4,6-9,11-13H,1,5,10H2,2-3H3,(H,25,27)/b19-13+. The van der Waals surface area contributed by atoms with Crippen LogP contribution in [0.1, 0.15) is 22.8 Å². The molecule has 7 nitrogen and oxygen atoms in total. The van der Waals surface area contributed by atoms with Crippen LogP contribution in [-0.4, -0.2) is 41.5 Å². The number of benzene rings is 2. The highest BCUT2D eigenvalue weighted by Crippen LogP contribution is 2.39. The number of hydrogen-bond acceptors (Lipinski definition) is 7. The molecule has 0 spiro atoms. The number of carbonyl (C=O) groups excluding carboxylic acids is 2. The zero-order valence-electron chi connectivity index (χ0n) is 17.9. The normalized spacial score (nSPS) is 14.4. The molecule has 0 unspecified atom stereocenters. The Bertz CT molecular complexity index is 1120. The minimum Gasteiger partial charge on any atom is -0.497 e. The number of nitrogens with zero attached hydrogens (tertiary/aromatic N) is 1. The molecule has 1 saturated heterocycles. The molecule has 1 heterocycles. The minimum atomic E-state index is -0.458. The van der Waals surface area contributed by atoms with Crippen molar-refractivity contribution < 1.29 is 23.8 Å². The zero-order valence-corrected chi connectivity index (χ0v) is 21.1. The first-order chi connectivity index (χ1) is 15.9. The fourth-order valence-electron chi connectivity index (χ4n) is 2.84. The number of carbonyl (C=O) groups is 2. The third-order valence-electron chi connectivity index (χ3n) is 4.33. The predicted molar refractivity (Wildman–Crippen MR) is 136 cm³/mol. The molecular formula is C23H21BrN2O5S2. The first-order valence-corrected chi connectivity index (χ1v) is 11.8. The second-order valence-corrected chi connectivity index (χ2v) is 9.08. The Morgan fingerprint density at radius 1 is 1.27 bits per heavy atom. The number of rotatable bonds is 9. The van der Waals surface area contributed by atoms with E-state index in [-0.39, 0.29) is 4.32 Å². The van der Waals surface area contributed by atoms with Crippen LogP contribution in [0.5, 0.6) is 17.2 Å². The first kappa shape index (κ1) is 24.8. The second-order valence-electron chi connectivity index (χ2n) is 6.55. The van der Waals surface area contributed by atoms with Gasteiger partial charge in [0.2, 0.25) is 0 Å². The van der Waals surface area contributed by atoms with Gasteiger partial charge in [0.15, 0.2) is 15.8 Å². The van der Waals surface area contributed by atoms with Crippen molar-refractivity contribution in [1.29, 1.82) is 0 Å². The SMILES string of the molecule is C=CCOc1c(Br)cc(/C=C2/SC(=S)N(NC(=O)c3ccc(OC)cc3)C2=O)cc1OCC. The zero-order chi connectivity index (χ0) is 24.0. The minimum absolute atomic E-state index is 0.225. The third-order valence-corrected chi connectivity index (χ3v) is 6.23. The Labute approximate surface area is 209 Å². The molecule has 0 saturated carbocycles. The number of thiocarbonyl (C=S) groups is 1. The summed E-state index contributed by atoms with van der Waals surface area (Å²) in [6.45, 7) is 6.29. The summed E-state index contributed by atoms with van der Waals surface area (Å²) >= 11 is 9.90. The van der Waals surface area contributed by atoms with Gasteiger partial charge in [-0.05, 0) is 83.1 Å². The lowest BCUT2D eigenvalue weighted by molar-refractivity contribution is -0.123. The van der Waals surface area contributed by atoms with Gasteiger partial charge in [0.1, 0.15) is 12.4 Å². The van der Waals surface area contributed by atoms with E-state index in [0.717, 1.165) is 16.8 Å². The first-order valence-electron chi connectivity index (χ1n) is 9.81. The van der Waals surface area contributed by atoms with E-state index in [1.807, 2.05) is 13.0 Å². The van der Waals surface area contributed by atoms with Crippen LogP contribution < -0.4 is 19.6 Å². The van der Waals surface area contributed by atoms with Crippen LogP contribution in [-0.2, 0) is 4.79 Å². The lowest BCUT2D eigenvalue weighted by Crippen LogP contribution is -2.44. The average molecular weight is 549 g/mol. The van der Waals surface area contributed by atoms with Gasteiger partial charge >= 0.3 is 0 Å². The topological polar surface area (TPSA) is 77.1 Å². The van der Waals surface area contributed by atoms with Crippen LogP contribution in [0.4, 0.5) is 0 Å². The number of thioether (sulfide) groups is 1. The summed E-state index contributed by atoms with van der Waals surface area (Å²) in [5.74, 6) is 0.822. The lowest BCUT2D eigenvalue weighted by atomic mass is 10.2. The Balaban J connectivity index is 1.81. The average Bonchev–Trinajstić information content (AvgIpc) is 3.06. The molecule has 1 aliphatic rings. The molecule has 10 heteroatoms. The molecular weight excluding hydrogens is 528 g/mol. The fourth-order valence-corrected chi connectivity index (χ4v) is 4.59. The van der Waals surface area contributed by atoms with Crippen molar-refractivity contribution in [3.63, 3.8) is 0 Å². The van der Waals surface area contributed by atoms with E-state index in [0.29, 0.717) is 51.0 Å². The van der Waals surface area contributed by atoms with Crippen molar-refractivity contribution in [2.45, 2.75) is 6.92 Å². The van der Waals surface area contributed by atoms with Crippen LogP contribution in [0, 0.1) is 0 Å². The Morgan fingerprint density at radius 2 is 2.00 bits per heavy atom. The Morgan fingerprint density at radius 3 is 2.64 bits per heavy atom. The maximum atomic E-state index is 12.9. The quantitative estimate of drug-likeness (QED) is 0.269. The van der Waals surface area contributed by atoms with Crippen molar-refractivity contribution >= 4 is 62.1 Å². The fraction of sp³-hybridized carbons (Fsp3) is 0.174. The molecule has 2 aromatic carbocycles. The molecule has 3 rings (SSSR count). The van der Waals surface area contributed by atoms with Crippen molar-refractivity contribution in [3.8, 4) is 17.2 Å². The third kappa shape index (κ3) is 5.95. The van der Waals surface area contributed by atoms with Crippen LogP contribution >= 0.6 is 39.9 Å². The summed E-state index contributed by atoms with van der Waals surface area (Å²) < 4.78 is 17.4. The lowest BCUT2D eigenvalue weighted by Gasteiger charge is -2.15. The molecule has 1 aliphatic heterocycles. The maximum Gasteiger partial charge on any atom is 0.285 e. The molecule has 172 valence electrons. The Kier molecular flexibility index (Phi) is 8.54. The summed E-state index contributed by atoms with van der Waals surface area (Å²) in [5, 5.41) is 1.07. The highest BCUT2D eigenvalue weighted by atomic mass is 79.9. The molecule has 0 atom stereocenters. The molecule has 1 N–H and O–H groups in total. The highest BCUT2D eigenvalue weighted by molar-refractivity contribution is 9.10. The molecule has 0 aliphatic carbocycles. The summed E-state index contributed by atoms with van der Waals surface area (Å²) in [5.41, 5.74) is 3.64. The second kappa shape index (κ2) is 11.4. The monoisotopic (exact) mass is 548 g/mol. The number of hydrazine groups is 1. The molecule has 0 radical (unpaired) electrons. The van der Waals surface area contributed by atoms with Crippen LogP contribution in [0.2, 0.25) is 0 Å². The van der Waals surface area contributed by atoms with Gasteiger partial charge in [0, 0.05) is 5.56 Å². The van der Waals surface area contributed by atoms with E-state index in [9.17, 15) is 9.59 Å². The van der Waals surface area contributed by atoms with Crippen molar-refractivity contribution in [2.75, 3.05) is 20.3 Å². The van der Waals surface area contributed by atoms with Crippen molar-refractivity contribution in [2.24, 2.45) is 0 Å². The summed E-state index contributed by atoms with van der Waals surface area (Å²) in [4.78, 5) is 25.9. The van der Waals surface area contributed by atoms with E-state index in [1.165, 1.54) is 0 Å². The van der Waals surface area contributed by atoms with Gasteiger partial charge in [-0.2, -0.15) is 5.01 Å². The molecule has 2 aromatic rings. The number of amides is 2. The largest absolute Gasteiger partial charge is 0.497 e. The summed E-state index contributed by atoms with van der Waals surface area (Å²) in [6.07, 6.45) is 3.32. The predicted octanol–water partition coefficient (Wildman–Crippen LogP) is 4.97. The molecule has 33 heavy (non-hydrogen) atoms. The van der Waals surface area contributed by atoms with Gasteiger partial charge < -0.3 is 14.2 Å².